The van der Waals surface area contributed by atoms with Gasteiger partial charge in [0.25, 0.3) is 0 Å². The van der Waals surface area contributed by atoms with Gasteiger partial charge in [-0.25, -0.2) is 13.4 Å². The SMILES string of the molecule is CCSc1nnc(NC(=O)Cc2csc(Nc3ccc(S(C)(=O)=O)cc3)n2)s1. The summed E-state index contributed by atoms with van der Waals surface area (Å²) >= 11 is 4.28. The number of rotatable bonds is 8. The van der Waals surface area contributed by atoms with E-state index >= 15 is 0 Å². The maximum absolute atomic E-state index is 12.2. The molecule has 0 atom stereocenters. The van der Waals surface area contributed by atoms with Crippen LogP contribution in [0.25, 0.3) is 0 Å². The summed E-state index contributed by atoms with van der Waals surface area (Å²) in [6.07, 6.45) is 1.29. The maximum atomic E-state index is 12.2. The topological polar surface area (TPSA) is 114 Å². The van der Waals surface area contributed by atoms with Crippen molar-refractivity contribution in [2.75, 3.05) is 22.6 Å². The number of hydrogen-bond donors (Lipinski definition) is 2. The summed E-state index contributed by atoms with van der Waals surface area (Å²) in [6, 6.07) is 6.41. The molecule has 2 heterocycles. The molecule has 0 radical (unpaired) electrons. The fourth-order valence-electron chi connectivity index (χ4n) is 2.12. The van der Waals surface area contributed by atoms with E-state index < -0.39 is 9.84 Å². The molecule has 3 aromatic rings. The van der Waals surface area contributed by atoms with Crippen molar-refractivity contribution in [2.24, 2.45) is 0 Å². The number of sulfone groups is 1. The van der Waals surface area contributed by atoms with Gasteiger partial charge < -0.3 is 10.6 Å². The van der Waals surface area contributed by atoms with E-state index in [9.17, 15) is 13.2 Å². The third-order valence-corrected chi connectivity index (χ3v) is 7.14. The Morgan fingerprint density at radius 1 is 1.18 bits per heavy atom. The molecular formula is C16H17N5O3S4. The highest BCUT2D eigenvalue weighted by atomic mass is 32.2. The predicted molar refractivity (Wildman–Crippen MR) is 114 cm³/mol. The lowest BCUT2D eigenvalue weighted by molar-refractivity contribution is -0.115. The van der Waals surface area contributed by atoms with Crippen LogP contribution in [0.1, 0.15) is 12.6 Å². The lowest BCUT2D eigenvalue weighted by atomic mass is 10.3. The van der Waals surface area contributed by atoms with Gasteiger partial charge in [0, 0.05) is 17.3 Å². The van der Waals surface area contributed by atoms with Gasteiger partial charge in [-0.2, -0.15) is 0 Å². The van der Waals surface area contributed by atoms with Crippen LogP contribution in [0.15, 0.2) is 38.9 Å². The molecule has 1 aromatic carbocycles. The Morgan fingerprint density at radius 2 is 1.93 bits per heavy atom. The number of thiazole rings is 1. The van der Waals surface area contributed by atoms with E-state index in [0.717, 1.165) is 10.1 Å². The molecule has 3 rings (SSSR count). The molecule has 0 saturated heterocycles. The molecule has 0 spiro atoms. The first-order valence-electron chi connectivity index (χ1n) is 8.11. The van der Waals surface area contributed by atoms with Gasteiger partial charge in [-0.15, -0.1) is 21.5 Å². The van der Waals surface area contributed by atoms with Gasteiger partial charge in [-0.1, -0.05) is 30.0 Å². The van der Waals surface area contributed by atoms with E-state index in [1.165, 1.54) is 41.1 Å². The van der Waals surface area contributed by atoms with Crippen molar-refractivity contribution in [3.8, 4) is 0 Å². The number of benzene rings is 1. The first-order valence-corrected chi connectivity index (χ1v) is 12.7. The molecule has 0 fully saturated rings. The molecule has 12 heteroatoms. The quantitative estimate of drug-likeness (QED) is 0.392. The average molecular weight is 456 g/mol. The maximum Gasteiger partial charge on any atom is 0.232 e. The first kappa shape index (κ1) is 20.7. The second-order valence-corrected chi connectivity index (χ2v) is 11.0. The number of thioether (sulfide) groups is 1. The molecule has 148 valence electrons. The predicted octanol–water partition coefficient (Wildman–Crippen LogP) is 3.43. The zero-order valence-corrected chi connectivity index (χ0v) is 18.3. The monoisotopic (exact) mass is 455 g/mol. The molecule has 0 saturated carbocycles. The van der Waals surface area contributed by atoms with Crippen LogP contribution >= 0.6 is 34.4 Å². The Balaban J connectivity index is 1.56. The molecule has 28 heavy (non-hydrogen) atoms. The fourth-order valence-corrected chi connectivity index (χ4v) is 5.15. The van der Waals surface area contributed by atoms with Gasteiger partial charge in [-0.3, -0.25) is 4.79 Å². The Hall–Kier alpha value is -2.02. The zero-order chi connectivity index (χ0) is 20.1. The van der Waals surface area contributed by atoms with Gasteiger partial charge in [-0.05, 0) is 30.0 Å². The third kappa shape index (κ3) is 5.74. The Labute approximate surface area is 174 Å². The van der Waals surface area contributed by atoms with E-state index in [-0.39, 0.29) is 17.2 Å². The smallest absolute Gasteiger partial charge is 0.232 e. The largest absolute Gasteiger partial charge is 0.332 e. The van der Waals surface area contributed by atoms with Crippen LogP contribution in [-0.4, -0.2) is 41.5 Å². The fraction of sp³-hybridized carbons (Fsp3) is 0.250. The minimum atomic E-state index is -3.22. The number of hydrogen-bond acceptors (Lipinski definition) is 10. The second-order valence-electron chi connectivity index (χ2n) is 5.60. The van der Waals surface area contributed by atoms with Crippen molar-refractivity contribution in [3.05, 3.63) is 35.3 Å². The van der Waals surface area contributed by atoms with E-state index in [2.05, 4.69) is 25.8 Å². The normalized spacial score (nSPS) is 11.4. The highest BCUT2D eigenvalue weighted by Crippen LogP contribution is 2.26. The molecule has 0 aliphatic rings. The number of amides is 1. The van der Waals surface area contributed by atoms with Crippen LogP contribution in [0.3, 0.4) is 0 Å². The van der Waals surface area contributed by atoms with Gasteiger partial charge in [0.15, 0.2) is 19.3 Å². The van der Waals surface area contributed by atoms with E-state index in [4.69, 9.17) is 0 Å². The molecule has 0 bridgehead atoms. The van der Waals surface area contributed by atoms with Crippen LogP contribution in [-0.2, 0) is 21.1 Å². The van der Waals surface area contributed by atoms with E-state index in [1.54, 1.807) is 29.3 Å². The number of carbonyl (C=O) groups excluding carboxylic acids is 1. The summed E-state index contributed by atoms with van der Waals surface area (Å²) in [5.74, 6) is 0.687. The Kier molecular flexibility index (Phi) is 6.65. The molecule has 0 aliphatic carbocycles. The highest BCUT2D eigenvalue weighted by Gasteiger charge is 2.12. The van der Waals surface area contributed by atoms with Crippen molar-refractivity contribution >= 4 is 66.1 Å². The summed E-state index contributed by atoms with van der Waals surface area (Å²) in [4.78, 5) is 16.8. The minimum Gasteiger partial charge on any atom is -0.332 e. The van der Waals surface area contributed by atoms with Crippen molar-refractivity contribution < 1.29 is 13.2 Å². The molecule has 2 aromatic heterocycles. The van der Waals surface area contributed by atoms with Crippen LogP contribution in [0.2, 0.25) is 0 Å². The van der Waals surface area contributed by atoms with Gasteiger partial charge in [0.1, 0.15) is 0 Å². The lowest BCUT2D eigenvalue weighted by Crippen LogP contribution is -2.14. The second kappa shape index (κ2) is 8.99. The number of nitrogens with zero attached hydrogens (tertiary/aromatic N) is 3. The molecule has 0 aliphatic heterocycles. The van der Waals surface area contributed by atoms with Crippen molar-refractivity contribution in [2.45, 2.75) is 22.6 Å². The zero-order valence-electron chi connectivity index (χ0n) is 15.0. The number of anilines is 3. The van der Waals surface area contributed by atoms with Gasteiger partial charge >= 0.3 is 0 Å². The lowest BCUT2D eigenvalue weighted by Gasteiger charge is -2.03. The summed E-state index contributed by atoms with van der Waals surface area (Å²) in [5.41, 5.74) is 1.35. The number of aromatic nitrogens is 3. The van der Waals surface area contributed by atoms with Gasteiger partial charge in [0.05, 0.1) is 17.0 Å². The summed E-state index contributed by atoms with van der Waals surface area (Å²) in [6.45, 7) is 2.03. The third-order valence-electron chi connectivity index (χ3n) is 3.35. The van der Waals surface area contributed by atoms with Crippen LogP contribution in [0, 0.1) is 0 Å². The number of nitrogens with one attached hydrogen (secondary N) is 2. The first-order chi connectivity index (χ1) is 13.3. The molecule has 1 amide bonds. The molecule has 2 N–H and O–H groups in total. The molecule has 0 unspecified atom stereocenters. The average Bonchev–Trinajstić information content (AvgIpc) is 3.24. The molecular weight excluding hydrogens is 438 g/mol. The number of carbonyl (C=O) groups is 1. The summed E-state index contributed by atoms with van der Waals surface area (Å²) in [7, 11) is -3.22. The molecule has 8 nitrogen and oxygen atoms in total. The van der Waals surface area contributed by atoms with Crippen LogP contribution in [0.5, 0.6) is 0 Å². The summed E-state index contributed by atoms with van der Waals surface area (Å²) in [5, 5.41) is 16.7. The van der Waals surface area contributed by atoms with E-state index in [1.807, 2.05) is 6.92 Å². The minimum absolute atomic E-state index is 0.126. The van der Waals surface area contributed by atoms with Crippen LogP contribution in [0.4, 0.5) is 16.0 Å². The van der Waals surface area contributed by atoms with Crippen molar-refractivity contribution in [1.29, 1.82) is 0 Å². The van der Waals surface area contributed by atoms with E-state index in [0.29, 0.717) is 21.6 Å². The van der Waals surface area contributed by atoms with Crippen molar-refractivity contribution in [1.82, 2.24) is 15.2 Å². The standard InChI is InChI=1S/C16H17N5O3S4/c1-3-25-16-21-20-15(27-16)19-13(22)8-11-9-26-14(18-11)17-10-4-6-12(7-5-10)28(2,23)24/h4-7,9H,3,8H2,1-2H3,(H,17,18)(H,19,20,22). The van der Waals surface area contributed by atoms with Crippen LogP contribution < -0.4 is 10.6 Å². The van der Waals surface area contributed by atoms with Gasteiger partial charge in [0.2, 0.25) is 11.0 Å². The van der Waals surface area contributed by atoms with Crippen molar-refractivity contribution in [3.63, 3.8) is 0 Å². The Morgan fingerprint density at radius 3 is 2.61 bits per heavy atom. The summed E-state index contributed by atoms with van der Waals surface area (Å²) < 4.78 is 23.8. The Bertz CT molecular complexity index is 1060. The highest BCUT2D eigenvalue weighted by molar-refractivity contribution is 8.01.